The molecule has 4 nitrogen and oxygen atoms in total. The van der Waals surface area contributed by atoms with Crippen LogP contribution >= 0.6 is 7.60 Å². The first-order valence-corrected chi connectivity index (χ1v) is 26.3. The van der Waals surface area contributed by atoms with Crippen molar-refractivity contribution in [3.05, 3.63) is 28.8 Å². The third-order valence-corrected chi connectivity index (χ3v) is 13.7. The Kier molecular flexibility index (Phi) is 31.3. The van der Waals surface area contributed by atoms with E-state index in [-0.39, 0.29) is 17.4 Å². The maximum absolute atomic E-state index is 14.2. The van der Waals surface area contributed by atoms with Gasteiger partial charge in [0.05, 0.1) is 19.4 Å². The third kappa shape index (κ3) is 27.8. The molecule has 1 N–H and O–H groups in total. The number of benzene rings is 1. The van der Waals surface area contributed by atoms with Gasteiger partial charge in [-0.1, -0.05) is 248 Å². The van der Waals surface area contributed by atoms with Gasteiger partial charge in [0.25, 0.3) is 0 Å². The van der Waals surface area contributed by atoms with Crippen LogP contribution in [-0.2, 0) is 31.0 Å². The van der Waals surface area contributed by atoms with Crippen LogP contribution in [0.2, 0.25) is 0 Å². The lowest BCUT2D eigenvalue weighted by atomic mass is 9.78. The van der Waals surface area contributed by atoms with Crippen molar-refractivity contribution in [3.8, 4) is 5.75 Å². The zero-order chi connectivity index (χ0) is 41.4. The Hall–Kier alpha value is -0.830. The van der Waals surface area contributed by atoms with E-state index in [9.17, 15) is 9.67 Å². The smallest absolute Gasteiger partial charge is 0.330 e. The quantitative estimate of drug-likeness (QED) is 0.0534. The summed E-state index contributed by atoms with van der Waals surface area (Å²) in [6.45, 7) is 18.1. The van der Waals surface area contributed by atoms with Crippen LogP contribution in [0.15, 0.2) is 12.1 Å². The van der Waals surface area contributed by atoms with Gasteiger partial charge in [-0.25, -0.2) is 0 Å². The Morgan fingerprint density at radius 1 is 0.446 bits per heavy atom. The van der Waals surface area contributed by atoms with Crippen LogP contribution in [0.25, 0.3) is 0 Å². The molecular weight excluding hydrogens is 708 g/mol. The summed E-state index contributed by atoms with van der Waals surface area (Å²) in [5.41, 5.74) is 2.33. The molecule has 0 fully saturated rings. The summed E-state index contributed by atoms with van der Waals surface area (Å²) in [5, 5.41) is 11.2. The number of hydrogen-bond acceptors (Lipinski definition) is 4. The molecule has 5 heteroatoms. The van der Waals surface area contributed by atoms with E-state index in [4.69, 9.17) is 9.05 Å². The fourth-order valence-electron chi connectivity index (χ4n) is 7.97. The zero-order valence-corrected chi connectivity index (χ0v) is 39.9. The van der Waals surface area contributed by atoms with Crippen molar-refractivity contribution in [1.82, 2.24) is 0 Å². The van der Waals surface area contributed by atoms with Crippen molar-refractivity contribution >= 4 is 7.60 Å². The second-order valence-corrected chi connectivity index (χ2v) is 21.8. The molecule has 1 aromatic rings. The minimum absolute atomic E-state index is 0.221. The molecule has 0 aliphatic heterocycles. The molecule has 0 aliphatic rings. The first kappa shape index (κ1) is 53.2. The average molecular weight is 805 g/mol. The summed E-state index contributed by atoms with van der Waals surface area (Å²) < 4.78 is 26.7. The third-order valence-electron chi connectivity index (χ3n) is 11.8. The lowest BCUT2D eigenvalue weighted by molar-refractivity contribution is 0.193. The molecule has 0 heterocycles. The van der Waals surface area contributed by atoms with Crippen LogP contribution in [0.3, 0.4) is 0 Å². The lowest BCUT2D eigenvalue weighted by Crippen LogP contribution is -2.18. The Morgan fingerprint density at radius 3 is 1.04 bits per heavy atom. The van der Waals surface area contributed by atoms with Crippen molar-refractivity contribution in [2.24, 2.45) is 0 Å². The van der Waals surface area contributed by atoms with Crippen LogP contribution in [0, 0.1) is 0 Å². The summed E-state index contributed by atoms with van der Waals surface area (Å²) in [4.78, 5) is 0. The van der Waals surface area contributed by atoms with Gasteiger partial charge in [0.15, 0.2) is 0 Å². The maximum atomic E-state index is 14.2. The van der Waals surface area contributed by atoms with E-state index >= 15 is 0 Å². The Bertz CT molecular complexity index is 1070. The highest BCUT2D eigenvalue weighted by Crippen LogP contribution is 2.50. The molecule has 1 rings (SSSR count). The largest absolute Gasteiger partial charge is 0.507 e. The first-order valence-electron chi connectivity index (χ1n) is 24.6. The van der Waals surface area contributed by atoms with Crippen molar-refractivity contribution in [2.75, 3.05) is 12.8 Å². The predicted molar refractivity (Wildman–Crippen MR) is 248 cm³/mol. The summed E-state index contributed by atoms with van der Waals surface area (Å²) in [5.74, 6) is 0.366. The van der Waals surface area contributed by atoms with E-state index in [2.05, 4.69) is 55.4 Å². The average Bonchev–Trinajstić information content (AvgIpc) is 3.14. The highest BCUT2D eigenvalue weighted by molar-refractivity contribution is 7.53. The molecule has 330 valence electrons. The predicted octanol–water partition coefficient (Wildman–Crippen LogP) is 18.2. The molecule has 0 aromatic heterocycles. The van der Waals surface area contributed by atoms with Crippen LogP contribution in [0.1, 0.15) is 278 Å². The highest BCUT2D eigenvalue weighted by Gasteiger charge is 2.28. The molecule has 0 amide bonds. The van der Waals surface area contributed by atoms with Crippen molar-refractivity contribution < 1.29 is 18.7 Å². The van der Waals surface area contributed by atoms with Gasteiger partial charge < -0.3 is 14.2 Å². The molecule has 1 atom stereocenters. The normalized spacial score (nSPS) is 13.4. The molecule has 0 bridgehead atoms. The van der Waals surface area contributed by atoms with E-state index in [1.807, 2.05) is 12.1 Å². The molecule has 56 heavy (non-hydrogen) atoms. The van der Waals surface area contributed by atoms with Gasteiger partial charge in [-0.3, -0.25) is 4.57 Å². The second kappa shape index (κ2) is 33.0. The van der Waals surface area contributed by atoms with Crippen molar-refractivity contribution in [1.29, 1.82) is 0 Å². The number of aromatic hydroxyl groups is 1. The molecule has 0 saturated carbocycles. The maximum Gasteiger partial charge on any atom is 0.330 e. The second-order valence-electron chi connectivity index (χ2n) is 19.6. The number of phenolic OH excluding ortho intramolecular Hbond substituents is 1. The van der Waals surface area contributed by atoms with Gasteiger partial charge in [0, 0.05) is 0 Å². The minimum atomic E-state index is -3.25. The Morgan fingerprint density at radius 2 is 0.732 bits per heavy atom. The standard InChI is InChI=1S/C51H97O4P/c1-9-11-13-15-17-19-21-23-25-27-29-31-33-35-37-39-41-54-56(53,42-40-38-36-34-32-30-28-26-24-22-20-18-16-14-12-10-2)55-45-46-43-47(50(3,4)5)49(52)48(44-46)51(6,7)8/h43-44,52H,9-42,45H2,1-8H3. The summed E-state index contributed by atoms with van der Waals surface area (Å²) in [6.07, 6.45) is 42.9. The highest BCUT2D eigenvalue weighted by atomic mass is 31.2. The lowest BCUT2D eigenvalue weighted by Gasteiger charge is -2.28. The molecule has 0 aliphatic carbocycles. The first-order chi connectivity index (χ1) is 26.8. The minimum Gasteiger partial charge on any atom is -0.507 e. The fraction of sp³-hybridized carbons (Fsp3) is 0.882. The molecule has 0 spiro atoms. The van der Waals surface area contributed by atoms with E-state index in [1.54, 1.807) is 0 Å². The Balaban J connectivity index is 2.49. The fourth-order valence-corrected chi connectivity index (χ4v) is 9.66. The van der Waals surface area contributed by atoms with Gasteiger partial charge in [-0.05, 0) is 52.5 Å². The van der Waals surface area contributed by atoms with Crippen molar-refractivity contribution in [3.63, 3.8) is 0 Å². The van der Waals surface area contributed by atoms with Gasteiger partial charge in [0.1, 0.15) is 5.75 Å². The monoisotopic (exact) mass is 805 g/mol. The van der Waals surface area contributed by atoms with Gasteiger partial charge in [-0.15, -0.1) is 0 Å². The number of phenols is 1. The summed E-state index contributed by atoms with van der Waals surface area (Å²) >= 11 is 0. The molecule has 1 aromatic carbocycles. The van der Waals surface area contributed by atoms with E-state index in [0.717, 1.165) is 42.4 Å². The Labute approximate surface area is 350 Å². The van der Waals surface area contributed by atoms with E-state index in [0.29, 0.717) is 18.5 Å². The molecule has 0 radical (unpaired) electrons. The zero-order valence-electron chi connectivity index (χ0n) is 39.0. The molecule has 0 saturated heterocycles. The summed E-state index contributed by atoms with van der Waals surface area (Å²) in [6, 6.07) is 4.08. The van der Waals surface area contributed by atoms with E-state index < -0.39 is 7.60 Å². The van der Waals surface area contributed by atoms with Crippen LogP contribution < -0.4 is 0 Å². The number of rotatable bonds is 38. The molecule has 1 unspecified atom stereocenters. The van der Waals surface area contributed by atoms with E-state index in [1.165, 1.54) is 180 Å². The number of hydrogen-bond donors (Lipinski definition) is 1. The number of unbranched alkanes of at least 4 members (excludes halogenated alkanes) is 30. The topological polar surface area (TPSA) is 55.8 Å². The van der Waals surface area contributed by atoms with Gasteiger partial charge >= 0.3 is 7.60 Å². The SMILES string of the molecule is CCCCCCCCCCCCCCCCCCOP(=O)(CCCCCCCCCCCCCCCCCC)OCc1cc(C(C)(C)C)c(O)c(C(C)(C)C)c1. The van der Waals surface area contributed by atoms with Crippen LogP contribution in [0.4, 0.5) is 0 Å². The molecular formula is C51H97O4P. The summed E-state index contributed by atoms with van der Waals surface area (Å²) in [7, 11) is -3.25. The van der Waals surface area contributed by atoms with Gasteiger partial charge in [-0.2, -0.15) is 0 Å². The van der Waals surface area contributed by atoms with Crippen LogP contribution in [-0.4, -0.2) is 17.9 Å². The van der Waals surface area contributed by atoms with Gasteiger partial charge in [0.2, 0.25) is 0 Å². The van der Waals surface area contributed by atoms with Crippen molar-refractivity contribution in [2.45, 2.75) is 278 Å². The van der Waals surface area contributed by atoms with Crippen LogP contribution in [0.5, 0.6) is 5.75 Å².